The monoisotopic (exact) mass is 322 g/mol. The molecule has 22 heavy (non-hydrogen) atoms. The summed E-state index contributed by atoms with van der Waals surface area (Å²) in [6.45, 7) is 5.29. The van der Waals surface area contributed by atoms with Crippen LogP contribution in [0.5, 0.6) is 0 Å². The molecule has 0 radical (unpaired) electrons. The summed E-state index contributed by atoms with van der Waals surface area (Å²) in [7, 11) is 0. The summed E-state index contributed by atoms with van der Waals surface area (Å²) in [5.41, 5.74) is 0.556. The smallest absolute Gasteiger partial charge is 0.255 e. The Kier molecular flexibility index (Phi) is 5.83. The van der Waals surface area contributed by atoms with E-state index in [0.717, 1.165) is 12.8 Å². The number of nitrogens with one attached hydrogen (secondary N) is 1. The maximum Gasteiger partial charge on any atom is 0.255 e. The normalized spacial score (nSPS) is 15.9. The van der Waals surface area contributed by atoms with Crippen molar-refractivity contribution in [2.45, 2.75) is 39.2 Å². The van der Waals surface area contributed by atoms with E-state index in [9.17, 15) is 9.59 Å². The fraction of sp³-hybridized carbons (Fsp3) is 0.529. The lowest BCUT2D eigenvalue weighted by atomic mass is 9.92. The van der Waals surface area contributed by atoms with E-state index in [-0.39, 0.29) is 17.9 Å². The van der Waals surface area contributed by atoms with Crippen LogP contribution in [0.15, 0.2) is 24.3 Å². The Bertz CT molecular complexity index is 537. The summed E-state index contributed by atoms with van der Waals surface area (Å²) >= 11 is 6.08. The summed E-state index contributed by atoms with van der Waals surface area (Å²) in [6, 6.07) is 7.31. The number of likely N-dealkylation sites (tertiary alicyclic amines) is 1. The Labute approximate surface area is 136 Å². The zero-order valence-corrected chi connectivity index (χ0v) is 13.9. The molecule has 1 aliphatic heterocycles. The van der Waals surface area contributed by atoms with Gasteiger partial charge in [-0.2, -0.15) is 0 Å². The maximum absolute atomic E-state index is 12.5. The number of hydrogen-bond donors (Lipinski definition) is 1. The van der Waals surface area contributed by atoms with Crippen LogP contribution in [0.2, 0.25) is 5.02 Å². The van der Waals surface area contributed by atoms with E-state index in [0.29, 0.717) is 36.0 Å². The van der Waals surface area contributed by atoms with E-state index in [1.165, 1.54) is 0 Å². The fourth-order valence-corrected chi connectivity index (χ4v) is 3.00. The Balaban J connectivity index is 1.86. The van der Waals surface area contributed by atoms with E-state index in [1.54, 1.807) is 12.1 Å². The van der Waals surface area contributed by atoms with Gasteiger partial charge in [-0.25, -0.2) is 0 Å². The van der Waals surface area contributed by atoms with E-state index in [1.807, 2.05) is 30.9 Å². The minimum Gasteiger partial charge on any atom is -0.354 e. The molecule has 1 aromatic carbocycles. The molecular formula is C17H23ClN2O2. The van der Waals surface area contributed by atoms with Gasteiger partial charge in [0.2, 0.25) is 5.91 Å². The van der Waals surface area contributed by atoms with Gasteiger partial charge in [0.25, 0.3) is 5.91 Å². The average molecular weight is 323 g/mol. The number of halogens is 1. The largest absolute Gasteiger partial charge is 0.354 e. The number of rotatable bonds is 4. The molecule has 1 aromatic rings. The number of piperidine rings is 1. The van der Waals surface area contributed by atoms with Gasteiger partial charge in [0.05, 0.1) is 10.6 Å². The zero-order valence-electron chi connectivity index (χ0n) is 13.1. The van der Waals surface area contributed by atoms with E-state index in [2.05, 4.69) is 5.32 Å². The third-order valence-corrected chi connectivity index (χ3v) is 4.26. The second-order valence-electron chi connectivity index (χ2n) is 6.14. The molecule has 2 rings (SSSR count). The number of amides is 2. The van der Waals surface area contributed by atoms with Crippen molar-refractivity contribution in [3.05, 3.63) is 34.9 Å². The summed E-state index contributed by atoms with van der Waals surface area (Å²) in [5.74, 6) is 0.440. The quantitative estimate of drug-likeness (QED) is 0.926. The predicted molar refractivity (Wildman–Crippen MR) is 88.0 cm³/mol. The van der Waals surface area contributed by atoms with Crippen molar-refractivity contribution in [2.75, 3.05) is 13.1 Å². The highest BCUT2D eigenvalue weighted by Crippen LogP contribution is 2.24. The third kappa shape index (κ3) is 4.47. The topological polar surface area (TPSA) is 49.4 Å². The van der Waals surface area contributed by atoms with Gasteiger partial charge < -0.3 is 10.2 Å². The van der Waals surface area contributed by atoms with Gasteiger partial charge in [-0.05, 0) is 44.7 Å². The SMILES string of the molecule is CC(C)NC(=O)CC1CCN(C(=O)c2ccccc2Cl)CC1. The summed E-state index contributed by atoms with van der Waals surface area (Å²) < 4.78 is 0. The third-order valence-electron chi connectivity index (χ3n) is 3.93. The van der Waals surface area contributed by atoms with Crippen molar-refractivity contribution in [1.82, 2.24) is 10.2 Å². The molecule has 0 saturated carbocycles. The van der Waals surface area contributed by atoms with Crippen molar-refractivity contribution in [1.29, 1.82) is 0 Å². The zero-order chi connectivity index (χ0) is 16.1. The number of carbonyl (C=O) groups excluding carboxylic acids is 2. The standard InChI is InChI=1S/C17H23ClN2O2/c1-12(2)19-16(21)11-13-7-9-20(10-8-13)17(22)14-5-3-4-6-15(14)18/h3-6,12-13H,7-11H2,1-2H3,(H,19,21). The summed E-state index contributed by atoms with van der Waals surface area (Å²) in [6.07, 6.45) is 2.27. The van der Waals surface area contributed by atoms with E-state index in [4.69, 9.17) is 11.6 Å². The van der Waals surface area contributed by atoms with Crippen LogP contribution in [-0.2, 0) is 4.79 Å². The first-order valence-electron chi connectivity index (χ1n) is 7.80. The fourth-order valence-electron chi connectivity index (χ4n) is 2.79. The molecular weight excluding hydrogens is 300 g/mol. The molecule has 0 bridgehead atoms. The van der Waals surface area contributed by atoms with Crippen molar-refractivity contribution in [3.8, 4) is 0 Å². The van der Waals surface area contributed by atoms with Crippen LogP contribution in [0, 0.1) is 5.92 Å². The Morgan fingerprint density at radius 2 is 1.91 bits per heavy atom. The highest BCUT2D eigenvalue weighted by molar-refractivity contribution is 6.33. The molecule has 0 unspecified atom stereocenters. The van der Waals surface area contributed by atoms with Crippen LogP contribution in [-0.4, -0.2) is 35.8 Å². The highest BCUT2D eigenvalue weighted by atomic mass is 35.5. The van der Waals surface area contributed by atoms with Crippen LogP contribution in [0.3, 0.4) is 0 Å². The van der Waals surface area contributed by atoms with Crippen LogP contribution in [0.25, 0.3) is 0 Å². The minimum atomic E-state index is -0.0179. The van der Waals surface area contributed by atoms with Crippen molar-refractivity contribution in [3.63, 3.8) is 0 Å². The second kappa shape index (κ2) is 7.63. The molecule has 4 nitrogen and oxygen atoms in total. The van der Waals surface area contributed by atoms with Crippen LogP contribution in [0.1, 0.15) is 43.5 Å². The van der Waals surface area contributed by atoms with Gasteiger partial charge in [0.1, 0.15) is 0 Å². The molecule has 1 aliphatic rings. The molecule has 5 heteroatoms. The molecule has 0 aliphatic carbocycles. The van der Waals surface area contributed by atoms with Crippen LogP contribution < -0.4 is 5.32 Å². The number of nitrogens with zero attached hydrogens (tertiary/aromatic N) is 1. The molecule has 1 N–H and O–H groups in total. The molecule has 1 heterocycles. The Hall–Kier alpha value is -1.55. The lowest BCUT2D eigenvalue weighted by molar-refractivity contribution is -0.122. The van der Waals surface area contributed by atoms with Gasteiger partial charge in [-0.3, -0.25) is 9.59 Å². The summed E-state index contributed by atoms with van der Waals surface area (Å²) in [4.78, 5) is 26.1. The number of carbonyl (C=O) groups is 2. The number of benzene rings is 1. The van der Waals surface area contributed by atoms with E-state index < -0.39 is 0 Å². The molecule has 1 fully saturated rings. The minimum absolute atomic E-state index is 0.0179. The van der Waals surface area contributed by atoms with E-state index >= 15 is 0 Å². The van der Waals surface area contributed by atoms with Crippen molar-refractivity contribution in [2.24, 2.45) is 5.92 Å². The van der Waals surface area contributed by atoms with Crippen LogP contribution in [0.4, 0.5) is 0 Å². The van der Waals surface area contributed by atoms with Gasteiger partial charge in [0.15, 0.2) is 0 Å². The Morgan fingerprint density at radius 3 is 2.50 bits per heavy atom. The van der Waals surface area contributed by atoms with Crippen LogP contribution >= 0.6 is 11.6 Å². The predicted octanol–water partition coefficient (Wildman–Crippen LogP) is 3.11. The molecule has 0 aromatic heterocycles. The number of hydrogen-bond acceptors (Lipinski definition) is 2. The van der Waals surface area contributed by atoms with Gasteiger partial charge >= 0.3 is 0 Å². The first-order chi connectivity index (χ1) is 10.5. The average Bonchev–Trinajstić information content (AvgIpc) is 2.47. The first-order valence-corrected chi connectivity index (χ1v) is 8.18. The lowest BCUT2D eigenvalue weighted by Crippen LogP contribution is -2.40. The molecule has 0 atom stereocenters. The van der Waals surface area contributed by atoms with Crippen molar-refractivity contribution >= 4 is 23.4 Å². The molecule has 0 spiro atoms. The molecule has 2 amide bonds. The van der Waals surface area contributed by atoms with Gasteiger partial charge in [-0.1, -0.05) is 23.7 Å². The second-order valence-corrected chi connectivity index (χ2v) is 6.55. The molecule has 120 valence electrons. The van der Waals surface area contributed by atoms with Gasteiger partial charge in [-0.15, -0.1) is 0 Å². The first kappa shape index (κ1) is 16.8. The van der Waals surface area contributed by atoms with Gasteiger partial charge in [0, 0.05) is 25.6 Å². The highest BCUT2D eigenvalue weighted by Gasteiger charge is 2.26. The summed E-state index contributed by atoms with van der Waals surface area (Å²) in [5, 5.41) is 3.41. The molecule has 1 saturated heterocycles. The van der Waals surface area contributed by atoms with Crippen molar-refractivity contribution < 1.29 is 9.59 Å². The lowest BCUT2D eigenvalue weighted by Gasteiger charge is -2.32. The maximum atomic E-state index is 12.5. The Morgan fingerprint density at radius 1 is 1.27 bits per heavy atom.